The minimum absolute atomic E-state index is 0.00242. The molecule has 2 aliphatic rings. The van der Waals surface area contributed by atoms with Gasteiger partial charge in [0, 0.05) is 11.5 Å². The quantitative estimate of drug-likeness (QED) is 0.850. The summed E-state index contributed by atoms with van der Waals surface area (Å²) in [6, 6.07) is 15.5. The molecule has 0 bridgehead atoms. The van der Waals surface area contributed by atoms with Crippen molar-refractivity contribution < 1.29 is 17.9 Å². The molecule has 5 heteroatoms. The first-order chi connectivity index (χ1) is 11.1. The monoisotopic (exact) mass is 328 g/mol. The Labute approximate surface area is 135 Å². The zero-order valence-electron chi connectivity index (χ0n) is 12.4. The van der Waals surface area contributed by atoms with E-state index in [1.54, 1.807) is 54.6 Å². The lowest BCUT2D eigenvalue weighted by Crippen LogP contribution is -2.37. The molecule has 0 aromatic heterocycles. The van der Waals surface area contributed by atoms with Crippen molar-refractivity contribution >= 4 is 15.6 Å². The van der Waals surface area contributed by atoms with Crippen molar-refractivity contribution in [3.8, 4) is 0 Å². The van der Waals surface area contributed by atoms with Crippen LogP contribution in [-0.2, 0) is 14.6 Å². The Morgan fingerprint density at radius 1 is 0.913 bits per heavy atom. The van der Waals surface area contributed by atoms with Crippen LogP contribution < -0.4 is 0 Å². The molecule has 1 aliphatic heterocycles. The van der Waals surface area contributed by atoms with Crippen molar-refractivity contribution in [1.82, 2.24) is 0 Å². The number of carbonyl (C=O) groups excluding carboxylic acids is 1. The van der Waals surface area contributed by atoms with E-state index in [1.165, 1.54) is 0 Å². The van der Waals surface area contributed by atoms with Gasteiger partial charge in [0.15, 0.2) is 15.6 Å². The lowest BCUT2D eigenvalue weighted by Gasteiger charge is -2.33. The van der Waals surface area contributed by atoms with Gasteiger partial charge in [-0.15, -0.1) is 0 Å². The third-order valence-corrected chi connectivity index (χ3v) is 6.99. The number of hydrogen-bond acceptors (Lipinski definition) is 4. The summed E-state index contributed by atoms with van der Waals surface area (Å²) in [5, 5.41) is -0.730. The van der Waals surface area contributed by atoms with Gasteiger partial charge in [-0.25, -0.2) is 8.42 Å². The lowest BCUT2D eigenvalue weighted by molar-refractivity contribution is 0.0871. The molecule has 1 saturated heterocycles. The molecule has 0 amide bonds. The Kier molecular flexibility index (Phi) is 3.36. The van der Waals surface area contributed by atoms with Crippen LogP contribution in [0.2, 0.25) is 0 Å². The predicted octanol–water partition coefficient (Wildman–Crippen LogP) is 2.66. The molecule has 23 heavy (non-hydrogen) atoms. The number of Topliss-reactive ketones (excluding diaryl/α,β-unsaturated/α-hetero) is 1. The van der Waals surface area contributed by atoms with Crippen LogP contribution in [0.1, 0.15) is 21.2 Å². The fraction of sp³-hybridized carbons (Fsp3) is 0.278. The van der Waals surface area contributed by atoms with E-state index >= 15 is 0 Å². The Hall–Kier alpha value is -1.98. The van der Waals surface area contributed by atoms with Gasteiger partial charge in [0.05, 0.1) is 29.3 Å². The number of benzene rings is 2. The summed E-state index contributed by atoms with van der Waals surface area (Å²) in [4.78, 5) is 12.9. The molecule has 0 spiro atoms. The summed E-state index contributed by atoms with van der Waals surface area (Å²) >= 11 is 0. The molecule has 118 valence electrons. The van der Waals surface area contributed by atoms with Crippen LogP contribution in [0, 0.1) is 11.8 Å². The van der Waals surface area contributed by atoms with E-state index in [0.29, 0.717) is 29.2 Å². The molecular formula is C18H16O4S. The maximum absolute atomic E-state index is 13.2. The number of fused-ring (bicyclic) bond motifs is 2. The topological polar surface area (TPSA) is 60.4 Å². The van der Waals surface area contributed by atoms with Crippen LogP contribution in [0.5, 0.6) is 0 Å². The molecule has 0 saturated carbocycles. The van der Waals surface area contributed by atoms with Crippen molar-refractivity contribution in [3.05, 3.63) is 65.7 Å². The molecule has 3 atom stereocenters. The fourth-order valence-corrected chi connectivity index (χ4v) is 5.79. The summed E-state index contributed by atoms with van der Waals surface area (Å²) in [6.45, 7) is 0.611. The van der Waals surface area contributed by atoms with Gasteiger partial charge < -0.3 is 4.74 Å². The highest BCUT2D eigenvalue weighted by Gasteiger charge is 2.50. The molecule has 4 rings (SSSR count). The maximum Gasteiger partial charge on any atom is 0.185 e. The highest BCUT2D eigenvalue weighted by Crippen LogP contribution is 2.47. The molecule has 2 aromatic rings. The molecule has 2 aromatic carbocycles. The predicted molar refractivity (Wildman–Crippen MR) is 84.9 cm³/mol. The molecule has 0 N–H and O–H groups in total. The van der Waals surface area contributed by atoms with Crippen molar-refractivity contribution in [2.24, 2.45) is 11.8 Å². The van der Waals surface area contributed by atoms with Crippen molar-refractivity contribution in [2.45, 2.75) is 10.1 Å². The Morgan fingerprint density at radius 3 is 2.39 bits per heavy atom. The minimum Gasteiger partial charge on any atom is -0.380 e. The first kappa shape index (κ1) is 14.6. The average Bonchev–Trinajstić information content (AvgIpc) is 3.05. The molecule has 1 fully saturated rings. The normalized spacial score (nSPS) is 26.6. The number of sulfone groups is 1. The molecule has 1 heterocycles. The highest BCUT2D eigenvalue weighted by atomic mass is 32.2. The number of hydrogen-bond donors (Lipinski definition) is 0. The molecule has 0 radical (unpaired) electrons. The number of rotatable bonds is 2. The van der Waals surface area contributed by atoms with Gasteiger partial charge >= 0.3 is 0 Å². The molecular weight excluding hydrogens is 312 g/mol. The molecule has 4 nitrogen and oxygen atoms in total. The van der Waals surface area contributed by atoms with Crippen LogP contribution >= 0.6 is 0 Å². The zero-order chi connectivity index (χ0) is 16.0. The van der Waals surface area contributed by atoms with Crippen LogP contribution in [0.4, 0.5) is 0 Å². The smallest absolute Gasteiger partial charge is 0.185 e. The highest BCUT2D eigenvalue weighted by molar-refractivity contribution is 7.91. The minimum atomic E-state index is -3.59. The van der Waals surface area contributed by atoms with E-state index in [9.17, 15) is 13.2 Å². The van der Waals surface area contributed by atoms with Gasteiger partial charge in [-0.1, -0.05) is 42.5 Å². The Balaban J connectivity index is 1.93. The van der Waals surface area contributed by atoms with E-state index in [4.69, 9.17) is 4.74 Å². The number of carbonyl (C=O) groups is 1. The SMILES string of the molecule is O=C1c2ccccc2[C@@H](S(=O)(=O)c2ccccc2)[C@@H]2COC[C@H]12. The number of ether oxygens (including phenoxy) is 1. The van der Waals surface area contributed by atoms with Gasteiger partial charge in [0.25, 0.3) is 0 Å². The third-order valence-electron chi connectivity index (χ3n) is 4.79. The van der Waals surface area contributed by atoms with Gasteiger partial charge in [-0.3, -0.25) is 4.79 Å². The summed E-state index contributed by atoms with van der Waals surface area (Å²) in [5.41, 5.74) is 1.12. The second-order valence-corrected chi connectivity index (χ2v) is 8.11. The van der Waals surface area contributed by atoms with E-state index < -0.39 is 15.1 Å². The maximum atomic E-state index is 13.2. The van der Waals surface area contributed by atoms with Gasteiger partial charge in [0.1, 0.15) is 0 Å². The summed E-state index contributed by atoms with van der Waals surface area (Å²) < 4.78 is 31.9. The lowest BCUT2D eigenvalue weighted by atomic mass is 9.76. The summed E-state index contributed by atoms with van der Waals surface area (Å²) in [5.74, 6) is -0.682. The second kappa shape index (κ2) is 5.28. The Bertz CT molecular complexity index is 858. The molecule has 1 aliphatic carbocycles. The first-order valence-electron chi connectivity index (χ1n) is 7.60. The van der Waals surface area contributed by atoms with E-state index in [-0.39, 0.29) is 17.6 Å². The second-order valence-electron chi connectivity index (χ2n) is 6.04. The van der Waals surface area contributed by atoms with Gasteiger partial charge in [-0.05, 0) is 17.7 Å². The largest absolute Gasteiger partial charge is 0.380 e. The molecule has 0 unspecified atom stereocenters. The zero-order valence-corrected chi connectivity index (χ0v) is 13.2. The standard InChI is InChI=1S/C18H16O4S/c19-17-13-8-4-5-9-14(13)18(16-11-22-10-15(16)17)23(20,21)12-6-2-1-3-7-12/h1-9,15-16,18H,10-11H2/t15-,16+,18+/m0/s1. The van der Waals surface area contributed by atoms with Crippen molar-refractivity contribution in [3.63, 3.8) is 0 Å². The number of ketones is 1. The van der Waals surface area contributed by atoms with E-state index in [2.05, 4.69) is 0 Å². The fourth-order valence-electron chi connectivity index (χ4n) is 3.69. The average molecular weight is 328 g/mol. The van der Waals surface area contributed by atoms with Crippen molar-refractivity contribution in [1.29, 1.82) is 0 Å². The summed E-state index contributed by atoms with van der Waals surface area (Å²) in [6.07, 6.45) is 0. The van der Waals surface area contributed by atoms with Gasteiger partial charge in [-0.2, -0.15) is 0 Å². The van der Waals surface area contributed by atoms with Crippen LogP contribution in [0.3, 0.4) is 0 Å². The van der Waals surface area contributed by atoms with Crippen LogP contribution in [0.25, 0.3) is 0 Å². The van der Waals surface area contributed by atoms with Crippen LogP contribution in [-0.4, -0.2) is 27.4 Å². The van der Waals surface area contributed by atoms with Gasteiger partial charge in [0.2, 0.25) is 0 Å². The van der Waals surface area contributed by atoms with E-state index in [0.717, 1.165) is 0 Å². The first-order valence-corrected chi connectivity index (χ1v) is 9.15. The van der Waals surface area contributed by atoms with Crippen LogP contribution in [0.15, 0.2) is 59.5 Å². The van der Waals surface area contributed by atoms with Crippen molar-refractivity contribution in [2.75, 3.05) is 13.2 Å². The third kappa shape index (κ3) is 2.15. The Morgan fingerprint density at radius 2 is 1.61 bits per heavy atom. The summed E-state index contributed by atoms with van der Waals surface area (Å²) in [7, 11) is -3.59. The van der Waals surface area contributed by atoms with E-state index in [1.807, 2.05) is 0 Å².